The van der Waals surface area contributed by atoms with Crippen molar-refractivity contribution in [2.45, 2.75) is 68.2 Å². The molecule has 0 aromatic carbocycles. The van der Waals surface area contributed by atoms with Crippen molar-refractivity contribution >= 4 is 21.4 Å². The Bertz CT molecular complexity index is 550. The second-order valence-electron chi connectivity index (χ2n) is 6.60. The largest absolute Gasteiger partial charge is 0.328 e. The molecule has 114 valence electrons. The Labute approximate surface area is 125 Å². The van der Waals surface area contributed by atoms with Crippen molar-refractivity contribution in [1.29, 1.82) is 0 Å². The Morgan fingerprint density at radius 1 is 1.20 bits per heavy atom. The lowest BCUT2D eigenvalue weighted by atomic mass is 9.93. The van der Waals surface area contributed by atoms with Crippen LogP contribution < -0.4 is 10.5 Å². The van der Waals surface area contributed by atoms with Gasteiger partial charge < -0.3 is 5.73 Å². The van der Waals surface area contributed by atoms with Crippen molar-refractivity contribution < 1.29 is 8.42 Å². The molecule has 1 fully saturated rings. The van der Waals surface area contributed by atoms with Crippen LogP contribution in [0.15, 0.2) is 16.3 Å². The number of thiophene rings is 1. The minimum atomic E-state index is -3.39. The van der Waals surface area contributed by atoms with Gasteiger partial charge in [0.1, 0.15) is 4.21 Å². The van der Waals surface area contributed by atoms with Crippen molar-refractivity contribution in [3.05, 3.63) is 17.0 Å². The van der Waals surface area contributed by atoms with E-state index in [0.29, 0.717) is 4.21 Å². The summed E-state index contributed by atoms with van der Waals surface area (Å²) in [6.07, 6.45) is 3.45. The van der Waals surface area contributed by atoms with Crippen LogP contribution in [0.5, 0.6) is 0 Å². The van der Waals surface area contributed by atoms with Crippen LogP contribution in [0.2, 0.25) is 0 Å². The predicted molar refractivity (Wildman–Crippen MR) is 83.6 cm³/mol. The zero-order valence-electron chi connectivity index (χ0n) is 12.3. The van der Waals surface area contributed by atoms with Crippen molar-refractivity contribution in [2.75, 3.05) is 0 Å². The van der Waals surface area contributed by atoms with E-state index < -0.39 is 10.0 Å². The van der Waals surface area contributed by atoms with Gasteiger partial charge >= 0.3 is 0 Å². The van der Waals surface area contributed by atoms with Crippen LogP contribution in [0.1, 0.15) is 51.3 Å². The number of nitrogens with two attached hydrogens (primary N) is 1. The van der Waals surface area contributed by atoms with E-state index in [-0.39, 0.29) is 17.5 Å². The van der Waals surface area contributed by atoms with Crippen LogP contribution in [0.25, 0.3) is 0 Å². The quantitative estimate of drug-likeness (QED) is 0.900. The molecular weight excluding hydrogens is 292 g/mol. The third-order valence-corrected chi connectivity index (χ3v) is 7.20. The molecule has 0 atom stereocenters. The highest BCUT2D eigenvalue weighted by Crippen LogP contribution is 2.32. The molecule has 0 bridgehead atoms. The first-order chi connectivity index (χ1) is 9.18. The third-order valence-electron chi connectivity index (χ3n) is 3.68. The van der Waals surface area contributed by atoms with Crippen LogP contribution in [0.3, 0.4) is 0 Å². The van der Waals surface area contributed by atoms with Crippen molar-refractivity contribution in [3.63, 3.8) is 0 Å². The second kappa shape index (κ2) is 5.75. The predicted octanol–water partition coefficient (Wildman–Crippen LogP) is 2.59. The number of sulfonamides is 1. The Kier molecular flexibility index (Phi) is 4.59. The fraction of sp³-hybridized carbons (Fsp3) is 0.714. The minimum Gasteiger partial charge on any atom is -0.328 e. The van der Waals surface area contributed by atoms with Crippen LogP contribution >= 0.6 is 11.3 Å². The van der Waals surface area contributed by atoms with E-state index in [2.05, 4.69) is 25.5 Å². The molecule has 0 spiro atoms. The van der Waals surface area contributed by atoms with Gasteiger partial charge in [-0.3, -0.25) is 0 Å². The van der Waals surface area contributed by atoms with E-state index >= 15 is 0 Å². The lowest BCUT2D eigenvalue weighted by Gasteiger charge is -2.26. The summed E-state index contributed by atoms with van der Waals surface area (Å²) >= 11 is 1.36. The average molecular weight is 316 g/mol. The zero-order chi connectivity index (χ0) is 15.0. The highest BCUT2D eigenvalue weighted by atomic mass is 32.2. The van der Waals surface area contributed by atoms with Crippen LogP contribution in [-0.2, 0) is 15.4 Å². The molecule has 0 amide bonds. The zero-order valence-corrected chi connectivity index (χ0v) is 14.0. The molecule has 0 unspecified atom stereocenters. The topological polar surface area (TPSA) is 72.2 Å². The van der Waals surface area contributed by atoms with Crippen molar-refractivity contribution in [3.8, 4) is 0 Å². The van der Waals surface area contributed by atoms with Crippen LogP contribution in [-0.4, -0.2) is 20.5 Å². The van der Waals surface area contributed by atoms with Gasteiger partial charge in [0, 0.05) is 17.0 Å². The van der Waals surface area contributed by atoms with E-state index in [1.165, 1.54) is 11.3 Å². The fourth-order valence-corrected chi connectivity index (χ4v) is 5.07. The first kappa shape index (κ1) is 15.9. The molecule has 3 N–H and O–H groups in total. The van der Waals surface area contributed by atoms with Gasteiger partial charge in [-0.2, -0.15) is 0 Å². The average Bonchev–Trinajstić information content (AvgIpc) is 2.82. The van der Waals surface area contributed by atoms with Crippen molar-refractivity contribution in [1.82, 2.24) is 4.72 Å². The van der Waals surface area contributed by atoms with Gasteiger partial charge in [-0.15, -0.1) is 11.3 Å². The standard InChI is InChI=1S/C14H24N2O2S2/c1-14(2,3)12-8-9-13(19-12)20(17,18)16-11-6-4-10(15)5-7-11/h8-11,16H,4-7,15H2,1-3H3. The molecule has 1 aromatic heterocycles. The molecule has 1 aromatic rings. The first-order valence-corrected chi connectivity index (χ1v) is 9.37. The summed E-state index contributed by atoms with van der Waals surface area (Å²) in [6, 6.07) is 3.88. The highest BCUT2D eigenvalue weighted by Gasteiger charge is 2.26. The maximum absolute atomic E-state index is 12.4. The van der Waals surface area contributed by atoms with E-state index in [4.69, 9.17) is 5.73 Å². The lowest BCUT2D eigenvalue weighted by Crippen LogP contribution is -2.40. The minimum absolute atomic E-state index is 0.0178. The van der Waals surface area contributed by atoms with Gasteiger partial charge in [0.25, 0.3) is 0 Å². The maximum Gasteiger partial charge on any atom is 0.250 e. The lowest BCUT2D eigenvalue weighted by molar-refractivity contribution is 0.374. The van der Waals surface area contributed by atoms with Gasteiger partial charge in [-0.25, -0.2) is 13.1 Å². The summed E-state index contributed by atoms with van der Waals surface area (Å²) in [5.74, 6) is 0. The summed E-state index contributed by atoms with van der Waals surface area (Å²) in [5, 5.41) is 0. The Balaban J connectivity index is 2.09. The maximum atomic E-state index is 12.4. The summed E-state index contributed by atoms with van der Waals surface area (Å²) < 4.78 is 28.0. The van der Waals surface area contributed by atoms with Gasteiger partial charge in [0.05, 0.1) is 0 Å². The normalized spacial score (nSPS) is 24.8. The molecule has 0 radical (unpaired) electrons. The molecule has 1 heterocycles. The van der Waals surface area contributed by atoms with Gasteiger partial charge in [0.15, 0.2) is 0 Å². The summed E-state index contributed by atoms with van der Waals surface area (Å²) in [6.45, 7) is 6.27. The molecule has 20 heavy (non-hydrogen) atoms. The molecule has 6 heteroatoms. The Morgan fingerprint density at radius 2 is 1.80 bits per heavy atom. The number of rotatable bonds is 3. The molecule has 2 rings (SSSR count). The van der Waals surface area contributed by atoms with E-state index in [1.54, 1.807) is 6.07 Å². The molecule has 4 nitrogen and oxygen atoms in total. The molecule has 0 saturated heterocycles. The van der Waals surface area contributed by atoms with Crippen molar-refractivity contribution in [2.24, 2.45) is 5.73 Å². The summed E-state index contributed by atoms with van der Waals surface area (Å²) in [4.78, 5) is 1.09. The highest BCUT2D eigenvalue weighted by molar-refractivity contribution is 7.91. The molecular formula is C14H24N2O2S2. The first-order valence-electron chi connectivity index (χ1n) is 7.07. The number of nitrogens with one attached hydrogen (secondary N) is 1. The third kappa shape index (κ3) is 3.81. The number of hydrogen-bond acceptors (Lipinski definition) is 4. The number of hydrogen-bond donors (Lipinski definition) is 2. The van der Waals surface area contributed by atoms with E-state index in [9.17, 15) is 8.42 Å². The monoisotopic (exact) mass is 316 g/mol. The summed E-state index contributed by atoms with van der Waals surface area (Å²) in [5.41, 5.74) is 5.83. The SMILES string of the molecule is CC(C)(C)c1ccc(S(=O)(=O)NC2CCC(N)CC2)s1. The fourth-order valence-electron chi connectivity index (χ4n) is 2.38. The van der Waals surface area contributed by atoms with E-state index in [0.717, 1.165) is 30.6 Å². The molecule has 1 saturated carbocycles. The van der Waals surface area contributed by atoms with Gasteiger partial charge in [-0.05, 0) is 43.2 Å². The van der Waals surface area contributed by atoms with Crippen LogP contribution in [0.4, 0.5) is 0 Å². The molecule has 1 aliphatic rings. The molecule has 1 aliphatic carbocycles. The van der Waals surface area contributed by atoms with Crippen LogP contribution in [0, 0.1) is 0 Å². The molecule has 0 aliphatic heterocycles. The second-order valence-corrected chi connectivity index (χ2v) is 9.63. The smallest absolute Gasteiger partial charge is 0.250 e. The van der Waals surface area contributed by atoms with E-state index in [1.807, 2.05) is 6.07 Å². The van der Waals surface area contributed by atoms with Gasteiger partial charge in [0.2, 0.25) is 10.0 Å². The van der Waals surface area contributed by atoms with Gasteiger partial charge in [-0.1, -0.05) is 20.8 Å². The Morgan fingerprint density at radius 3 is 2.30 bits per heavy atom. The summed E-state index contributed by atoms with van der Waals surface area (Å²) in [7, 11) is -3.39. The Hall–Kier alpha value is -0.430.